The van der Waals surface area contributed by atoms with Crippen LogP contribution >= 0.6 is 0 Å². The van der Waals surface area contributed by atoms with E-state index in [0.717, 1.165) is 23.6 Å². The maximum absolute atomic E-state index is 12.8. The average Bonchev–Trinajstić information content (AvgIpc) is 2.84. The Morgan fingerprint density at radius 1 is 1.12 bits per heavy atom. The molecule has 0 atom stereocenters. The number of hydrogen-bond donors (Lipinski definition) is 0. The van der Waals surface area contributed by atoms with Gasteiger partial charge in [0.15, 0.2) is 0 Å². The molecule has 0 bridgehead atoms. The van der Waals surface area contributed by atoms with Crippen molar-refractivity contribution in [2.24, 2.45) is 0 Å². The van der Waals surface area contributed by atoms with Crippen LogP contribution in [0, 0.1) is 0 Å². The van der Waals surface area contributed by atoms with E-state index in [4.69, 9.17) is 0 Å². The van der Waals surface area contributed by atoms with Gasteiger partial charge in [-0.2, -0.15) is 4.31 Å². The van der Waals surface area contributed by atoms with Crippen LogP contribution in [0.3, 0.4) is 0 Å². The second kappa shape index (κ2) is 6.86. The minimum Gasteiger partial charge on any atom is -0.360 e. The van der Waals surface area contributed by atoms with Gasteiger partial charge in [-0.25, -0.2) is 18.4 Å². The zero-order valence-electron chi connectivity index (χ0n) is 14.0. The summed E-state index contributed by atoms with van der Waals surface area (Å²) in [7, 11) is -1.48. The highest BCUT2D eigenvalue weighted by Gasteiger charge is 2.28. The van der Waals surface area contributed by atoms with Crippen molar-refractivity contribution in [1.29, 1.82) is 0 Å². The predicted octanol–water partition coefficient (Wildman–Crippen LogP) is 1.72. The fraction of sp³-hybridized carbons (Fsp3) is 0.412. The molecule has 1 aliphatic heterocycles. The van der Waals surface area contributed by atoms with Crippen molar-refractivity contribution in [2.75, 3.05) is 31.6 Å². The lowest BCUT2D eigenvalue weighted by molar-refractivity contribution is 0.426. The van der Waals surface area contributed by atoms with Crippen molar-refractivity contribution in [3.8, 4) is 0 Å². The van der Waals surface area contributed by atoms with Gasteiger partial charge in [0.05, 0.1) is 10.6 Å². The molecule has 0 spiro atoms. The standard InChI is InChI=1S/C17H22N4O2S/c1-3-20(2)17-15-9-11-21(12-10-16(15)18-13-19-17)24(22,23)14-7-5-4-6-8-14/h4-8,13H,3,9-12H2,1-2H3. The summed E-state index contributed by atoms with van der Waals surface area (Å²) in [5.74, 6) is 0.904. The van der Waals surface area contributed by atoms with Crippen LogP contribution < -0.4 is 4.90 Å². The van der Waals surface area contributed by atoms with E-state index >= 15 is 0 Å². The minimum absolute atomic E-state index is 0.341. The number of benzene rings is 1. The highest BCUT2D eigenvalue weighted by Crippen LogP contribution is 2.25. The van der Waals surface area contributed by atoms with Gasteiger partial charge in [0, 0.05) is 38.7 Å². The van der Waals surface area contributed by atoms with E-state index in [2.05, 4.69) is 21.8 Å². The Balaban J connectivity index is 1.89. The van der Waals surface area contributed by atoms with E-state index in [1.54, 1.807) is 34.9 Å². The molecule has 1 aromatic carbocycles. The fourth-order valence-corrected chi connectivity index (χ4v) is 4.41. The van der Waals surface area contributed by atoms with Crippen molar-refractivity contribution in [1.82, 2.24) is 14.3 Å². The highest BCUT2D eigenvalue weighted by molar-refractivity contribution is 7.89. The van der Waals surface area contributed by atoms with E-state index in [1.807, 2.05) is 13.1 Å². The number of nitrogens with zero attached hydrogens (tertiary/aromatic N) is 4. The van der Waals surface area contributed by atoms with Crippen molar-refractivity contribution in [2.45, 2.75) is 24.7 Å². The molecule has 2 aromatic rings. The average molecular weight is 346 g/mol. The molecule has 0 aliphatic carbocycles. The third kappa shape index (κ3) is 3.14. The first-order valence-corrected chi connectivity index (χ1v) is 9.57. The molecule has 3 rings (SSSR count). The maximum Gasteiger partial charge on any atom is 0.243 e. The molecular formula is C17H22N4O2S. The molecule has 0 amide bonds. The lowest BCUT2D eigenvalue weighted by Crippen LogP contribution is -2.33. The molecule has 0 saturated carbocycles. The molecular weight excluding hydrogens is 324 g/mol. The summed E-state index contributed by atoms with van der Waals surface area (Å²) in [5.41, 5.74) is 2.01. The second-order valence-corrected chi connectivity index (χ2v) is 7.79. The van der Waals surface area contributed by atoms with Gasteiger partial charge in [0.1, 0.15) is 12.1 Å². The Morgan fingerprint density at radius 3 is 2.54 bits per heavy atom. The van der Waals surface area contributed by atoms with E-state index in [1.165, 1.54) is 0 Å². The quantitative estimate of drug-likeness (QED) is 0.843. The van der Waals surface area contributed by atoms with Crippen molar-refractivity contribution < 1.29 is 8.42 Å². The first-order valence-electron chi connectivity index (χ1n) is 8.13. The maximum atomic E-state index is 12.8. The Labute approximate surface area is 143 Å². The lowest BCUT2D eigenvalue weighted by atomic mass is 10.1. The van der Waals surface area contributed by atoms with E-state index in [9.17, 15) is 8.42 Å². The number of hydrogen-bond acceptors (Lipinski definition) is 5. The summed E-state index contributed by atoms with van der Waals surface area (Å²) in [5, 5.41) is 0. The second-order valence-electron chi connectivity index (χ2n) is 5.85. The van der Waals surface area contributed by atoms with E-state index < -0.39 is 10.0 Å². The molecule has 24 heavy (non-hydrogen) atoms. The SMILES string of the molecule is CCN(C)c1ncnc2c1CCN(S(=O)(=O)c1ccccc1)CC2. The van der Waals surface area contributed by atoms with Crippen LogP contribution in [-0.2, 0) is 22.9 Å². The van der Waals surface area contributed by atoms with Gasteiger partial charge in [-0.1, -0.05) is 18.2 Å². The van der Waals surface area contributed by atoms with Gasteiger partial charge in [0.2, 0.25) is 10.0 Å². The largest absolute Gasteiger partial charge is 0.360 e. The zero-order valence-corrected chi connectivity index (χ0v) is 14.8. The molecule has 6 nitrogen and oxygen atoms in total. The first-order chi connectivity index (χ1) is 11.5. The van der Waals surface area contributed by atoms with Crippen molar-refractivity contribution in [3.63, 3.8) is 0 Å². The monoisotopic (exact) mass is 346 g/mol. The van der Waals surface area contributed by atoms with Crippen molar-refractivity contribution in [3.05, 3.63) is 47.9 Å². The normalized spacial score (nSPS) is 15.6. The van der Waals surface area contributed by atoms with E-state index in [-0.39, 0.29) is 0 Å². The summed E-state index contributed by atoms with van der Waals surface area (Å²) in [4.78, 5) is 11.2. The smallest absolute Gasteiger partial charge is 0.243 e. The third-order valence-electron chi connectivity index (χ3n) is 4.44. The summed E-state index contributed by atoms with van der Waals surface area (Å²) in [6.07, 6.45) is 2.80. The number of rotatable bonds is 4. The summed E-state index contributed by atoms with van der Waals surface area (Å²) >= 11 is 0. The van der Waals surface area contributed by atoms with Crippen LogP contribution in [0.2, 0.25) is 0 Å². The molecule has 0 radical (unpaired) electrons. The fourth-order valence-electron chi connectivity index (χ4n) is 2.95. The van der Waals surface area contributed by atoms with E-state index in [0.29, 0.717) is 30.8 Å². The van der Waals surface area contributed by atoms with Gasteiger partial charge in [-0.15, -0.1) is 0 Å². The molecule has 0 N–H and O–H groups in total. The van der Waals surface area contributed by atoms with Crippen LogP contribution in [0.25, 0.3) is 0 Å². The van der Waals surface area contributed by atoms with Gasteiger partial charge in [-0.05, 0) is 25.5 Å². The molecule has 7 heteroatoms. The first kappa shape index (κ1) is 16.9. The zero-order chi connectivity index (χ0) is 17.2. The molecule has 128 valence electrons. The molecule has 1 aliphatic rings. The highest BCUT2D eigenvalue weighted by atomic mass is 32.2. The molecule has 0 saturated heterocycles. The Hall–Kier alpha value is -1.99. The Morgan fingerprint density at radius 2 is 1.83 bits per heavy atom. The summed E-state index contributed by atoms with van der Waals surface area (Å²) in [6.45, 7) is 3.80. The lowest BCUT2D eigenvalue weighted by Gasteiger charge is -2.21. The van der Waals surface area contributed by atoms with Crippen LogP contribution in [0.5, 0.6) is 0 Å². The third-order valence-corrected chi connectivity index (χ3v) is 6.35. The van der Waals surface area contributed by atoms with Gasteiger partial charge in [-0.3, -0.25) is 0 Å². The van der Waals surface area contributed by atoms with Crippen molar-refractivity contribution >= 4 is 15.8 Å². The number of anilines is 1. The number of aromatic nitrogens is 2. The molecule has 2 heterocycles. The molecule has 1 aromatic heterocycles. The van der Waals surface area contributed by atoms with Crippen LogP contribution in [0.4, 0.5) is 5.82 Å². The Kier molecular flexibility index (Phi) is 4.82. The van der Waals surface area contributed by atoms with Gasteiger partial charge < -0.3 is 4.90 Å². The Bertz CT molecular complexity index is 809. The number of fused-ring (bicyclic) bond motifs is 1. The van der Waals surface area contributed by atoms with Gasteiger partial charge in [0.25, 0.3) is 0 Å². The summed E-state index contributed by atoms with van der Waals surface area (Å²) in [6, 6.07) is 8.60. The van der Waals surface area contributed by atoms with Crippen LogP contribution in [0.1, 0.15) is 18.2 Å². The minimum atomic E-state index is -3.47. The van der Waals surface area contributed by atoms with Crippen LogP contribution in [-0.4, -0.2) is 49.4 Å². The molecule has 0 unspecified atom stereocenters. The topological polar surface area (TPSA) is 66.4 Å². The summed E-state index contributed by atoms with van der Waals surface area (Å²) < 4.78 is 27.2. The predicted molar refractivity (Wildman–Crippen MR) is 93.6 cm³/mol. The van der Waals surface area contributed by atoms with Crippen LogP contribution in [0.15, 0.2) is 41.6 Å². The van der Waals surface area contributed by atoms with Gasteiger partial charge >= 0.3 is 0 Å². The number of sulfonamides is 1. The molecule has 0 fully saturated rings.